The molecule has 158 valence electrons. The maximum atomic E-state index is 14.2. The van der Waals surface area contributed by atoms with Crippen molar-refractivity contribution in [2.45, 2.75) is 31.6 Å². The van der Waals surface area contributed by atoms with Crippen molar-refractivity contribution in [2.75, 3.05) is 30.7 Å². The quantitative estimate of drug-likeness (QED) is 0.759. The van der Waals surface area contributed by atoms with Gasteiger partial charge in [-0.2, -0.15) is 0 Å². The number of anilines is 1. The molecule has 2 aromatic rings. The van der Waals surface area contributed by atoms with Crippen LogP contribution in [0.4, 0.5) is 14.9 Å². The minimum atomic E-state index is -0.486. The van der Waals surface area contributed by atoms with Crippen molar-refractivity contribution in [2.24, 2.45) is 0 Å². The molecule has 1 spiro atoms. The van der Waals surface area contributed by atoms with E-state index in [0.717, 1.165) is 17.0 Å². The summed E-state index contributed by atoms with van der Waals surface area (Å²) in [6, 6.07) is 11.9. The zero-order valence-electron chi connectivity index (χ0n) is 17.3. The first-order valence-electron chi connectivity index (χ1n) is 10.2. The number of benzene rings is 2. The Hall–Kier alpha value is -2.54. The Labute approximate surface area is 180 Å². The van der Waals surface area contributed by atoms with Gasteiger partial charge in [0.05, 0.1) is 10.4 Å². The monoisotopic (exact) mass is 427 g/mol. The fourth-order valence-electron chi connectivity index (χ4n) is 4.17. The van der Waals surface area contributed by atoms with Gasteiger partial charge in [-0.05, 0) is 62.1 Å². The second kappa shape index (κ2) is 8.30. The highest BCUT2D eigenvalue weighted by Gasteiger charge is 2.47. The van der Waals surface area contributed by atoms with E-state index in [1.807, 2.05) is 36.9 Å². The average Bonchev–Trinajstić information content (AvgIpc) is 3.14. The zero-order valence-corrected chi connectivity index (χ0v) is 18.1. The molecule has 2 heterocycles. The van der Waals surface area contributed by atoms with E-state index >= 15 is 0 Å². The van der Waals surface area contributed by atoms with Gasteiger partial charge >= 0.3 is 6.03 Å². The second-order valence-electron chi connectivity index (χ2n) is 7.95. The fourth-order valence-corrected chi connectivity index (χ4v) is 5.63. The lowest BCUT2D eigenvalue weighted by Gasteiger charge is -2.44. The van der Waals surface area contributed by atoms with Crippen LogP contribution in [-0.2, 0) is 0 Å². The minimum Gasteiger partial charge on any atom is -0.324 e. The van der Waals surface area contributed by atoms with Crippen molar-refractivity contribution in [1.82, 2.24) is 9.80 Å². The van der Waals surface area contributed by atoms with E-state index in [-0.39, 0.29) is 22.4 Å². The number of halogens is 1. The van der Waals surface area contributed by atoms with Gasteiger partial charge in [0.15, 0.2) is 0 Å². The molecular formula is C23H26FN3O2S. The third-order valence-corrected chi connectivity index (χ3v) is 7.67. The molecular weight excluding hydrogens is 401 g/mol. The van der Waals surface area contributed by atoms with Gasteiger partial charge in [-0.15, -0.1) is 11.8 Å². The van der Waals surface area contributed by atoms with E-state index in [1.54, 1.807) is 34.9 Å². The summed E-state index contributed by atoms with van der Waals surface area (Å²) in [6.45, 7) is 5.79. The third kappa shape index (κ3) is 3.90. The second-order valence-corrected chi connectivity index (χ2v) is 9.40. The number of hydrogen-bond donors (Lipinski definition) is 1. The Morgan fingerprint density at radius 3 is 2.47 bits per heavy atom. The number of nitrogens with one attached hydrogen (secondary N) is 1. The van der Waals surface area contributed by atoms with Gasteiger partial charge in [-0.3, -0.25) is 4.79 Å². The molecule has 0 atom stereocenters. The molecule has 0 aliphatic carbocycles. The highest BCUT2D eigenvalue weighted by atomic mass is 32.2. The van der Waals surface area contributed by atoms with E-state index in [9.17, 15) is 14.0 Å². The van der Waals surface area contributed by atoms with Gasteiger partial charge in [0.1, 0.15) is 5.82 Å². The molecule has 0 aromatic heterocycles. The normalized spacial score (nSPS) is 18.0. The standard InChI is InChI=1S/C23H26FN3O2S/c1-16-7-8-18(15-17(16)2)25-22(29)26-11-9-23(10-12-26)27(13-14-30-23)21(28)19-5-3-4-6-20(19)24/h3-8,15H,9-14H2,1-2H3,(H,25,29). The lowest BCUT2D eigenvalue weighted by molar-refractivity contribution is 0.0581. The van der Waals surface area contributed by atoms with Crippen LogP contribution in [0.1, 0.15) is 34.3 Å². The molecule has 0 unspecified atom stereocenters. The molecule has 7 heteroatoms. The summed E-state index contributed by atoms with van der Waals surface area (Å²) in [6.07, 6.45) is 1.36. The summed E-state index contributed by atoms with van der Waals surface area (Å²) in [7, 11) is 0. The molecule has 2 aliphatic rings. The van der Waals surface area contributed by atoms with Crippen molar-refractivity contribution in [3.8, 4) is 0 Å². The predicted octanol–water partition coefficient (Wildman–Crippen LogP) is 4.66. The summed E-state index contributed by atoms with van der Waals surface area (Å²) in [5.41, 5.74) is 3.23. The van der Waals surface area contributed by atoms with E-state index in [1.165, 1.54) is 11.6 Å². The van der Waals surface area contributed by atoms with Crippen molar-refractivity contribution in [3.05, 3.63) is 65.0 Å². The van der Waals surface area contributed by atoms with Crippen LogP contribution >= 0.6 is 11.8 Å². The largest absolute Gasteiger partial charge is 0.324 e. The number of amides is 3. The summed E-state index contributed by atoms with van der Waals surface area (Å²) >= 11 is 1.75. The van der Waals surface area contributed by atoms with Gasteiger partial charge in [0.2, 0.25) is 0 Å². The number of rotatable bonds is 2. The molecule has 0 saturated carbocycles. The molecule has 5 nitrogen and oxygen atoms in total. The van der Waals surface area contributed by atoms with Crippen LogP contribution in [0.3, 0.4) is 0 Å². The van der Waals surface area contributed by atoms with Crippen molar-refractivity contribution in [3.63, 3.8) is 0 Å². The van der Waals surface area contributed by atoms with E-state index in [2.05, 4.69) is 5.32 Å². The highest BCUT2D eigenvalue weighted by Crippen LogP contribution is 2.44. The fraction of sp³-hybridized carbons (Fsp3) is 0.391. The van der Waals surface area contributed by atoms with Gasteiger partial charge in [-0.25, -0.2) is 9.18 Å². The van der Waals surface area contributed by atoms with Crippen LogP contribution in [0.15, 0.2) is 42.5 Å². The molecule has 2 saturated heterocycles. The SMILES string of the molecule is Cc1ccc(NC(=O)N2CCC3(CC2)SCCN3C(=O)c2ccccc2F)cc1C. The van der Waals surface area contributed by atoms with Gasteiger partial charge in [0, 0.05) is 31.1 Å². The van der Waals surface area contributed by atoms with Crippen LogP contribution in [0.5, 0.6) is 0 Å². The predicted molar refractivity (Wildman–Crippen MR) is 118 cm³/mol. The average molecular weight is 428 g/mol. The third-order valence-electron chi connectivity index (χ3n) is 6.12. The van der Waals surface area contributed by atoms with Gasteiger partial charge < -0.3 is 15.1 Å². The van der Waals surface area contributed by atoms with Crippen molar-refractivity contribution >= 4 is 29.4 Å². The molecule has 30 heavy (non-hydrogen) atoms. The van der Waals surface area contributed by atoms with Crippen LogP contribution in [0, 0.1) is 19.7 Å². The van der Waals surface area contributed by atoms with E-state index < -0.39 is 5.82 Å². The number of piperidine rings is 1. The number of likely N-dealkylation sites (tertiary alicyclic amines) is 1. The summed E-state index contributed by atoms with van der Waals surface area (Å²) in [5.74, 6) is 0.0839. The lowest BCUT2D eigenvalue weighted by Crippen LogP contribution is -2.54. The smallest absolute Gasteiger partial charge is 0.321 e. The van der Waals surface area contributed by atoms with E-state index in [0.29, 0.717) is 32.5 Å². The minimum absolute atomic E-state index is 0.120. The highest BCUT2D eigenvalue weighted by molar-refractivity contribution is 8.00. The summed E-state index contributed by atoms with van der Waals surface area (Å²) in [5, 5.41) is 2.98. The Morgan fingerprint density at radius 2 is 1.77 bits per heavy atom. The molecule has 0 radical (unpaired) electrons. The maximum absolute atomic E-state index is 14.2. The first-order chi connectivity index (χ1) is 14.4. The molecule has 2 aliphatic heterocycles. The van der Waals surface area contributed by atoms with Gasteiger partial charge in [-0.1, -0.05) is 18.2 Å². The first-order valence-corrected chi connectivity index (χ1v) is 11.2. The number of hydrogen-bond acceptors (Lipinski definition) is 3. The molecule has 0 bridgehead atoms. The Bertz CT molecular complexity index is 973. The Kier molecular flexibility index (Phi) is 5.73. The summed E-state index contributed by atoms with van der Waals surface area (Å²) in [4.78, 5) is 29.0. The van der Waals surface area contributed by atoms with Crippen LogP contribution < -0.4 is 5.32 Å². The number of aryl methyl sites for hydroxylation is 2. The maximum Gasteiger partial charge on any atom is 0.321 e. The van der Waals surface area contributed by atoms with Crippen LogP contribution in [0.25, 0.3) is 0 Å². The van der Waals surface area contributed by atoms with Crippen molar-refractivity contribution < 1.29 is 14.0 Å². The number of carbonyl (C=O) groups is 2. The molecule has 1 N–H and O–H groups in total. The van der Waals surface area contributed by atoms with Crippen LogP contribution in [-0.4, -0.2) is 52.0 Å². The summed E-state index contributed by atoms with van der Waals surface area (Å²) < 4.78 is 14.2. The zero-order chi connectivity index (χ0) is 21.3. The Balaban J connectivity index is 1.42. The number of thioether (sulfide) groups is 1. The molecule has 2 aromatic carbocycles. The topological polar surface area (TPSA) is 52.7 Å². The number of carbonyl (C=O) groups excluding carboxylic acids is 2. The van der Waals surface area contributed by atoms with Crippen LogP contribution in [0.2, 0.25) is 0 Å². The van der Waals surface area contributed by atoms with Crippen molar-refractivity contribution in [1.29, 1.82) is 0 Å². The molecule has 4 rings (SSSR count). The molecule has 2 fully saturated rings. The number of urea groups is 1. The lowest BCUT2D eigenvalue weighted by atomic mass is 10.0. The number of nitrogens with zero attached hydrogens (tertiary/aromatic N) is 2. The van der Waals surface area contributed by atoms with Gasteiger partial charge in [0.25, 0.3) is 5.91 Å². The Morgan fingerprint density at radius 1 is 1.03 bits per heavy atom. The molecule has 3 amide bonds. The first kappa shape index (κ1) is 20.7. The van der Waals surface area contributed by atoms with E-state index in [4.69, 9.17) is 0 Å².